The maximum absolute atomic E-state index is 11.2. The summed E-state index contributed by atoms with van der Waals surface area (Å²) in [6, 6.07) is -1.42. The van der Waals surface area contributed by atoms with Crippen molar-refractivity contribution < 1.29 is 9.59 Å². The predicted octanol–water partition coefficient (Wildman–Crippen LogP) is 0.778. The summed E-state index contributed by atoms with van der Waals surface area (Å²) >= 11 is 0. The van der Waals surface area contributed by atoms with Crippen molar-refractivity contribution in [2.45, 2.75) is 37.6 Å². The van der Waals surface area contributed by atoms with Crippen LogP contribution in [0.4, 0.5) is 9.59 Å². The molecular formula is C9H15N3O2. The molecule has 4 amide bonds. The third-order valence-corrected chi connectivity index (χ3v) is 3.62. The molecule has 5 nitrogen and oxygen atoms in total. The molecule has 0 atom stereocenters. The van der Waals surface area contributed by atoms with Gasteiger partial charge in [0.15, 0.2) is 0 Å². The summed E-state index contributed by atoms with van der Waals surface area (Å²) in [4.78, 5) is 23.4. The molecule has 0 aromatic carbocycles. The minimum absolute atomic E-state index is 0.345. The van der Waals surface area contributed by atoms with Crippen LogP contribution in [-0.2, 0) is 0 Å². The van der Waals surface area contributed by atoms with Gasteiger partial charge in [0.05, 0.1) is 5.54 Å². The van der Waals surface area contributed by atoms with E-state index in [1.807, 2.05) is 0 Å². The summed E-state index contributed by atoms with van der Waals surface area (Å²) in [5.41, 5.74) is 10.0. The summed E-state index contributed by atoms with van der Waals surface area (Å²) in [5, 5.41) is 0. The van der Waals surface area contributed by atoms with Crippen LogP contribution in [-0.4, -0.2) is 22.5 Å². The van der Waals surface area contributed by atoms with Crippen LogP contribution in [0.1, 0.15) is 32.1 Å². The highest BCUT2D eigenvalue weighted by Gasteiger charge is 2.51. The molecule has 4 N–H and O–H groups in total. The molecule has 0 aromatic rings. The monoisotopic (exact) mass is 197 g/mol. The van der Waals surface area contributed by atoms with Crippen molar-refractivity contribution in [3.63, 3.8) is 0 Å². The van der Waals surface area contributed by atoms with Gasteiger partial charge in [0.25, 0.3) is 0 Å². The van der Waals surface area contributed by atoms with Gasteiger partial charge in [0.2, 0.25) is 0 Å². The zero-order valence-electron chi connectivity index (χ0n) is 8.03. The van der Waals surface area contributed by atoms with Crippen molar-refractivity contribution in [1.82, 2.24) is 4.90 Å². The number of imide groups is 1. The molecule has 14 heavy (non-hydrogen) atoms. The van der Waals surface area contributed by atoms with Crippen LogP contribution in [0.2, 0.25) is 0 Å². The van der Waals surface area contributed by atoms with Crippen LogP contribution in [0, 0.1) is 5.92 Å². The number of carbonyl (C=O) groups excluding carboxylic acids is 2. The van der Waals surface area contributed by atoms with E-state index in [1.54, 1.807) is 0 Å². The third kappa shape index (κ3) is 1.15. The Morgan fingerprint density at radius 3 is 1.93 bits per heavy atom. The smallest absolute Gasteiger partial charge is 0.323 e. The molecule has 5 heteroatoms. The minimum Gasteiger partial charge on any atom is -0.351 e. The van der Waals surface area contributed by atoms with E-state index in [1.165, 1.54) is 0 Å². The molecule has 0 aliphatic heterocycles. The Kier molecular flexibility index (Phi) is 1.90. The number of nitrogens with two attached hydrogens (primary N) is 2. The van der Waals surface area contributed by atoms with Crippen molar-refractivity contribution in [2.24, 2.45) is 17.4 Å². The summed E-state index contributed by atoms with van der Waals surface area (Å²) in [6.07, 6.45) is 4.78. The molecule has 2 aliphatic rings. The molecule has 0 heterocycles. The lowest BCUT2D eigenvalue weighted by Crippen LogP contribution is -2.56. The van der Waals surface area contributed by atoms with Crippen LogP contribution >= 0.6 is 0 Å². The molecule has 0 unspecified atom stereocenters. The first-order valence-electron chi connectivity index (χ1n) is 4.94. The second kappa shape index (κ2) is 2.87. The molecule has 2 aliphatic carbocycles. The van der Waals surface area contributed by atoms with Gasteiger partial charge >= 0.3 is 12.1 Å². The molecular weight excluding hydrogens is 182 g/mol. The maximum Gasteiger partial charge on any atom is 0.323 e. The second-order valence-electron chi connectivity index (χ2n) is 4.38. The zero-order valence-corrected chi connectivity index (χ0v) is 8.03. The van der Waals surface area contributed by atoms with Crippen molar-refractivity contribution in [2.75, 3.05) is 0 Å². The number of nitrogens with zero attached hydrogens (tertiary/aromatic N) is 1. The number of urea groups is 2. The van der Waals surface area contributed by atoms with Crippen LogP contribution in [0.5, 0.6) is 0 Å². The van der Waals surface area contributed by atoms with Gasteiger partial charge in [-0.25, -0.2) is 14.5 Å². The molecule has 2 bridgehead atoms. The third-order valence-electron chi connectivity index (χ3n) is 3.62. The Labute approximate surface area is 82.4 Å². The fraction of sp³-hybridized carbons (Fsp3) is 0.778. The van der Waals surface area contributed by atoms with Crippen molar-refractivity contribution in [3.05, 3.63) is 0 Å². The highest BCUT2D eigenvalue weighted by atomic mass is 16.2. The number of hydrogen-bond acceptors (Lipinski definition) is 2. The number of hydrogen-bond donors (Lipinski definition) is 2. The number of carbonyl (C=O) groups is 2. The molecule has 2 saturated carbocycles. The van der Waals surface area contributed by atoms with Crippen LogP contribution in [0.3, 0.4) is 0 Å². The maximum atomic E-state index is 11.2. The van der Waals surface area contributed by atoms with Gasteiger partial charge in [0.1, 0.15) is 0 Å². The fourth-order valence-electron chi connectivity index (χ4n) is 3.05. The zero-order chi connectivity index (χ0) is 10.3. The van der Waals surface area contributed by atoms with Crippen molar-refractivity contribution in [1.29, 1.82) is 0 Å². The number of amides is 4. The van der Waals surface area contributed by atoms with E-state index in [-0.39, 0.29) is 5.54 Å². The van der Waals surface area contributed by atoms with Gasteiger partial charge in [-0.1, -0.05) is 0 Å². The van der Waals surface area contributed by atoms with E-state index in [9.17, 15) is 9.59 Å². The molecule has 0 radical (unpaired) electrons. The lowest BCUT2D eigenvalue weighted by atomic mass is 9.92. The van der Waals surface area contributed by atoms with Gasteiger partial charge in [-0.05, 0) is 38.0 Å². The Balaban J connectivity index is 2.26. The molecule has 0 spiro atoms. The predicted molar refractivity (Wildman–Crippen MR) is 50.3 cm³/mol. The first-order valence-corrected chi connectivity index (χ1v) is 4.94. The lowest BCUT2D eigenvalue weighted by Gasteiger charge is -2.35. The molecule has 78 valence electrons. The first kappa shape index (κ1) is 9.30. The summed E-state index contributed by atoms with van der Waals surface area (Å²) in [7, 11) is 0. The number of fused-ring (bicyclic) bond motifs is 2. The van der Waals surface area contributed by atoms with Crippen LogP contribution in [0.15, 0.2) is 0 Å². The Morgan fingerprint density at radius 2 is 1.64 bits per heavy atom. The van der Waals surface area contributed by atoms with E-state index in [2.05, 4.69) is 0 Å². The van der Waals surface area contributed by atoms with Crippen LogP contribution in [0.25, 0.3) is 0 Å². The van der Waals surface area contributed by atoms with Gasteiger partial charge in [0, 0.05) is 0 Å². The average Bonchev–Trinajstić information content (AvgIpc) is 2.61. The average molecular weight is 197 g/mol. The highest BCUT2D eigenvalue weighted by Crippen LogP contribution is 2.50. The van der Waals surface area contributed by atoms with Gasteiger partial charge < -0.3 is 11.5 Å². The SMILES string of the molecule is NC(=O)N(C(N)=O)C12CCC(CC1)C2. The second-order valence-corrected chi connectivity index (χ2v) is 4.38. The minimum atomic E-state index is -0.708. The van der Waals surface area contributed by atoms with Gasteiger partial charge in [-0.2, -0.15) is 0 Å². The topological polar surface area (TPSA) is 89.4 Å². The Morgan fingerprint density at radius 1 is 1.14 bits per heavy atom. The van der Waals surface area contributed by atoms with Gasteiger partial charge in [-0.3, -0.25) is 0 Å². The number of primary amides is 2. The van der Waals surface area contributed by atoms with Crippen molar-refractivity contribution >= 4 is 12.1 Å². The quantitative estimate of drug-likeness (QED) is 0.650. The molecule has 2 fully saturated rings. The summed E-state index contributed by atoms with van der Waals surface area (Å²) < 4.78 is 0. The molecule has 0 saturated heterocycles. The Bertz CT molecular complexity index is 268. The van der Waals surface area contributed by atoms with Gasteiger partial charge in [-0.15, -0.1) is 0 Å². The first-order chi connectivity index (χ1) is 6.55. The highest BCUT2D eigenvalue weighted by molar-refractivity contribution is 5.93. The van der Waals surface area contributed by atoms with Crippen molar-refractivity contribution in [3.8, 4) is 0 Å². The van der Waals surface area contributed by atoms with Crippen LogP contribution < -0.4 is 11.5 Å². The molecule has 2 rings (SSSR count). The largest absolute Gasteiger partial charge is 0.351 e. The standard InChI is InChI=1S/C9H15N3O2/c10-7(13)12(8(11)14)9-3-1-6(5-9)2-4-9/h6H,1-5H2,(H2,10,13)(H2,11,14). The van der Waals surface area contributed by atoms with E-state index in [4.69, 9.17) is 11.5 Å². The molecule has 0 aromatic heterocycles. The van der Waals surface area contributed by atoms with E-state index in [0.29, 0.717) is 5.92 Å². The van der Waals surface area contributed by atoms with E-state index in [0.717, 1.165) is 37.0 Å². The van der Waals surface area contributed by atoms with E-state index >= 15 is 0 Å². The summed E-state index contributed by atoms with van der Waals surface area (Å²) in [6.45, 7) is 0. The summed E-state index contributed by atoms with van der Waals surface area (Å²) in [5.74, 6) is 0.649. The Hall–Kier alpha value is -1.26. The normalized spacial score (nSPS) is 34.4. The lowest BCUT2D eigenvalue weighted by molar-refractivity contribution is 0.139. The number of rotatable bonds is 1. The fourth-order valence-corrected chi connectivity index (χ4v) is 3.05. The van der Waals surface area contributed by atoms with E-state index < -0.39 is 12.1 Å².